The van der Waals surface area contributed by atoms with Gasteiger partial charge in [-0.3, -0.25) is 0 Å². The molecule has 0 radical (unpaired) electrons. The Balaban J connectivity index is 3.28. The van der Waals surface area contributed by atoms with Crippen LogP contribution in [0.2, 0.25) is 0 Å². The molecule has 0 saturated heterocycles. The van der Waals surface area contributed by atoms with Gasteiger partial charge in [-0.2, -0.15) is 0 Å². The number of aliphatic hydroxyl groups excluding tert-OH is 4. The standard InChI is InChI=1S/C38H82N4O4/c39-31-35(43)27-23-19-15-11-7-3-1-5-9-13-17-21-25-29-41-33-37(45)38(46)34-42-30-26-22-18-14-10-6-2-4-8-12-16-20-24-28-36(44)32-40/h35-38,41-46H,1-34,39-40H2. The first-order valence-electron chi connectivity index (χ1n) is 20.0. The summed E-state index contributed by atoms with van der Waals surface area (Å²) in [5.74, 6) is 0. The Morgan fingerprint density at radius 1 is 0.326 bits per heavy atom. The zero-order valence-corrected chi connectivity index (χ0v) is 30.3. The Morgan fingerprint density at radius 3 is 0.783 bits per heavy atom. The summed E-state index contributed by atoms with van der Waals surface area (Å²) in [6.07, 6.45) is 33.0. The number of aliphatic hydroxyl groups is 4. The van der Waals surface area contributed by atoms with E-state index in [1.165, 1.54) is 141 Å². The molecule has 0 aromatic rings. The predicted octanol–water partition coefficient (Wildman–Crippen LogP) is 6.45. The van der Waals surface area contributed by atoms with Crippen LogP contribution < -0.4 is 22.1 Å². The fourth-order valence-corrected chi connectivity index (χ4v) is 6.16. The molecule has 8 nitrogen and oxygen atoms in total. The maximum Gasteiger partial charge on any atom is 0.0935 e. The third-order valence-electron chi connectivity index (χ3n) is 9.48. The average molecular weight is 659 g/mol. The SMILES string of the molecule is NCC(O)CCCCCCCCCCCCCCCNCC(O)C(O)CNCCCCCCCCCCCCCCCC(O)CN. The Labute approximate surface area is 285 Å². The summed E-state index contributed by atoms with van der Waals surface area (Å²) in [6, 6.07) is 0. The lowest BCUT2D eigenvalue weighted by Crippen LogP contribution is -2.42. The van der Waals surface area contributed by atoms with Gasteiger partial charge in [-0.05, 0) is 38.8 Å². The van der Waals surface area contributed by atoms with Crippen molar-refractivity contribution in [2.45, 2.75) is 204 Å². The van der Waals surface area contributed by atoms with Crippen molar-refractivity contribution in [3.8, 4) is 0 Å². The molecule has 0 heterocycles. The summed E-state index contributed by atoms with van der Waals surface area (Å²) in [4.78, 5) is 0. The van der Waals surface area contributed by atoms with Gasteiger partial charge in [-0.25, -0.2) is 0 Å². The Morgan fingerprint density at radius 2 is 0.543 bits per heavy atom. The number of hydrogen-bond acceptors (Lipinski definition) is 8. The highest BCUT2D eigenvalue weighted by molar-refractivity contribution is 4.72. The summed E-state index contributed by atoms with van der Waals surface area (Å²) in [6.45, 7) is 3.51. The van der Waals surface area contributed by atoms with Crippen LogP contribution in [0, 0.1) is 0 Å². The van der Waals surface area contributed by atoms with Crippen LogP contribution in [0.3, 0.4) is 0 Å². The molecule has 0 saturated carbocycles. The van der Waals surface area contributed by atoms with E-state index in [-0.39, 0.29) is 12.2 Å². The van der Waals surface area contributed by atoms with Crippen LogP contribution in [0.15, 0.2) is 0 Å². The minimum absolute atomic E-state index is 0.306. The normalized spacial score (nSPS) is 14.5. The molecule has 0 aromatic carbocycles. The Bertz CT molecular complexity index is 527. The number of rotatable bonds is 39. The topological polar surface area (TPSA) is 157 Å². The van der Waals surface area contributed by atoms with E-state index >= 15 is 0 Å². The molecule has 0 aromatic heterocycles. The number of hydrogen-bond donors (Lipinski definition) is 8. The van der Waals surface area contributed by atoms with Gasteiger partial charge < -0.3 is 42.5 Å². The van der Waals surface area contributed by atoms with Crippen molar-refractivity contribution in [1.29, 1.82) is 0 Å². The molecule has 0 aliphatic heterocycles. The predicted molar refractivity (Wildman–Crippen MR) is 197 cm³/mol. The zero-order chi connectivity index (χ0) is 33.8. The molecule has 278 valence electrons. The van der Waals surface area contributed by atoms with Crippen LogP contribution in [-0.4, -0.2) is 84.1 Å². The van der Waals surface area contributed by atoms with Crippen molar-refractivity contribution in [2.75, 3.05) is 39.3 Å². The van der Waals surface area contributed by atoms with Gasteiger partial charge in [0, 0.05) is 26.2 Å². The molecule has 4 unspecified atom stereocenters. The second kappa shape index (κ2) is 37.5. The molecule has 0 rings (SSSR count). The van der Waals surface area contributed by atoms with E-state index in [4.69, 9.17) is 11.5 Å². The zero-order valence-electron chi connectivity index (χ0n) is 30.3. The van der Waals surface area contributed by atoms with E-state index in [0.29, 0.717) is 26.2 Å². The van der Waals surface area contributed by atoms with E-state index in [0.717, 1.165) is 51.6 Å². The van der Waals surface area contributed by atoms with E-state index in [2.05, 4.69) is 10.6 Å². The molecule has 0 aliphatic rings. The lowest BCUT2D eigenvalue weighted by molar-refractivity contribution is 0.0210. The molecule has 0 spiro atoms. The molecule has 0 bridgehead atoms. The second-order valence-corrected chi connectivity index (χ2v) is 14.1. The summed E-state index contributed by atoms with van der Waals surface area (Å²) in [7, 11) is 0. The number of nitrogens with one attached hydrogen (secondary N) is 2. The third-order valence-corrected chi connectivity index (χ3v) is 9.48. The molecular formula is C38H82N4O4. The third kappa shape index (κ3) is 35.0. The first-order chi connectivity index (χ1) is 22.5. The highest BCUT2D eigenvalue weighted by Gasteiger charge is 2.15. The van der Waals surface area contributed by atoms with Crippen LogP contribution in [0.25, 0.3) is 0 Å². The first kappa shape index (κ1) is 45.7. The van der Waals surface area contributed by atoms with Crippen molar-refractivity contribution < 1.29 is 20.4 Å². The summed E-state index contributed by atoms with van der Waals surface area (Å²) in [5.41, 5.74) is 10.9. The van der Waals surface area contributed by atoms with Crippen LogP contribution in [-0.2, 0) is 0 Å². The largest absolute Gasteiger partial charge is 0.392 e. The van der Waals surface area contributed by atoms with Gasteiger partial charge in [0.05, 0.1) is 24.4 Å². The van der Waals surface area contributed by atoms with Crippen molar-refractivity contribution in [1.82, 2.24) is 10.6 Å². The molecule has 10 N–H and O–H groups in total. The fraction of sp³-hybridized carbons (Fsp3) is 1.00. The molecule has 8 heteroatoms. The molecular weight excluding hydrogens is 576 g/mol. The quantitative estimate of drug-likeness (QED) is 0.0350. The van der Waals surface area contributed by atoms with Gasteiger partial charge >= 0.3 is 0 Å². The van der Waals surface area contributed by atoms with Crippen LogP contribution in [0.4, 0.5) is 0 Å². The first-order valence-corrected chi connectivity index (χ1v) is 20.0. The van der Waals surface area contributed by atoms with Gasteiger partial charge in [0.25, 0.3) is 0 Å². The maximum absolute atomic E-state index is 10.2. The van der Waals surface area contributed by atoms with Gasteiger partial charge in [0.2, 0.25) is 0 Å². The second-order valence-electron chi connectivity index (χ2n) is 14.1. The van der Waals surface area contributed by atoms with E-state index < -0.39 is 12.2 Å². The minimum Gasteiger partial charge on any atom is -0.392 e. The van der Waals surface area contributed by atoms with Gasteiger partial charge in [-0.1, -0.05) is 154 Å². The fourth-order valence-electron chi connectivity index (χ4n) is 6.16. The molecule has 0 fully saturated rings. The van der Waals surface area contributed by atoms with Crippen LogP contribution >= 0.6 is 0 Å². The Hall–Kier alpha value is -0.320. The lowest BCUT2D eigenvalue weighted by atomic mass is 10.0. The van der Waals surface area contributed by atoms with Crippen LogP contribution in [0.5, 0.6) is 0 Å². The lowest BCUT2D eigenvalue weighted by Gasteiger charge is -2.19. The van der Waals surface area contributed by atoms with E-state index in [9.17, 15) is 20.4 Å². The molecule has 4 atom stereocenters. The van der Waals surface area contributed by atoms with Crippen LogP contribution in [0.1, 0.15) is 180 Å². The highest BCUT2D eigenvalue weighted by Crippen LogP contribution is 2.15. The van der Waals surface area contributed by atoms with Crippen molar-refractivity contribution in [3.63, 3.8) is 0 Å². The van der Waals surface area contributed by atoms with Gasteiger partial charge in [-0.15, -0.1) is 0 Å². The Kier molecular flexibility index (Phi) is 37.2. The van der Waals surface area contributed by atoms with E-state index in [1.807, 2.05) is 0 Å². The molecule has 0 aliphatic carbocycles. The monoisotopic (exact) mass is 659 g/mol. The average Bonchev–Trinajstić information content (AvgIpc) is 3.06. The van der Waals surface area contributed by atoms with Crippen molar-refractivity contribution >= 4 is 0 Å². The summed E-state index contributed by atoms with van der Waals surface area (Å²) < 4.78 is 0. The van der Waals surface area contributed by atoms with E-state index in [1.54, 1.807) is 0 Å². The van der Waals surface area contributed by atoms with Gasteiger partial charge in [0.15, 0.2) is 0 Å². The summed E-state index contributed by atoms with van der Waals surface area (Å²) in [5, 5.41) is 46.0. The number of nitrogens with two attached hydrogens (primary N) is 2. The maximum atomic E-state index is 10.2. The molecule has 0 amide bonds. The highest BCUT2D eigenvalue weighted by atomic mass is 16.3. The van der Waals surface area contributed by atoms with Gasteiger partial charge in [0.1, 0.15) is 0 Å². The minimum atomic E-state index is -0.716. The van der Waals surface area contributed by atoms with Crippen molar-refractivity contribution in [3.05, 3.63) is 0 Å². The summed E-state index contributed by atoms with van der Waals surface area (Å²) >= 11 is 0. The number of unbranched alkanes of at least 4 members (excludes halogenated alkanes) is 24. The van der Waals surface area contributed by atoms with Crippen molar-refractivity contribution in [2.24, 2.45) is 11.5 Å². The smallest absolute Gasteiger partial charge is 0.0935 e. The molecule has 46 heavy (non-hydrogen) atoms.